The van der Waals surface area contributed by atoms with Crippen molar-refractivity contribution in [3.63, 3.8) is 0 Å². The van der Waals surface area contributed by atoms with Crippen molar-refractivity contribution < 1.29 is 9.59 Å². The predicted octanol–water partition coefficient (Wildman–Crippen LogP) is 2.41. The van der Waals surface area contributed by atoms with Gasteiger partial charge in [0, 0.05) is 18.3 Å². The second-order valence-corrected chi connectivity index (χ2v) is 6.87. The van der Waals surface area contributed by atoms with Gasteiger partial charge in [-0.05, 0) is 43.7 Å². The van der Waals surface area contributed by atoms with Crippen molar-refractivity contribution in [1.82, 2.24) is 5.32 Å². The zero-order valence-corrected chi connectivity index (χ0v) is 12.8. The van der Waals surface area contributed by atoms with Gasteiger partial charge in [-0.15, -0.1) is 0 Å². The highest BCUT2D eigenvalue weighted by Gasteiger charge is 2.58. The van der Waals surface area contributed by atoms with E-state index in [1.807, 2.05) is 23.1 Å². The van der Waals surface area contributed by atoms with Crippen LogP contribution in [-0.2, 0) is 16.0 Å². The predicted molar refractivity (Wildman–Crippen MR) is 84.6 cm³/mol. The summed E-state index contributed by atoms with van der Waals surface area (Å²) in [7, 11) is 0. The number of benzene rings is 1. The largest absolute Gasteiger partial charge is 0.352 e. The molecule has 4 heteroatoms. The molecule has 0 bridgehead atoms. The number of anilines is 1. The lowest BCUT2D eigenvalue weighted by molar-refractivity contribution is -0.136. The zero-order chi connectivity index (χ0) is 15.2. The molecule has 0 atom stereocenters. The van der Waals surface area contributed by atoms with Gasteiger partial charge in [0.1, 0.15) is 5.41 Å². The van der Waals surface area contributed by atoms with Crippen LogP contribution in [0.3, 0.4) is 0 Å². The Balaban J connectivity index is 1.51. The molecule has 2 amide bonds. The molecule has 2 fully saturated rings. The number of para-hydroxylation sites is 1. The number of fused-ring (bicyclic) bond motifs is 1. The molecule has 0 spiro atoms. The first-order chi connectivity index (χ1) is 10.7. The van der Waals surface area contributed by atoms with E-state index in [2.05, 4.69) is 11.4 Å². The van der Waals surface area contributed by atoms with Crippen LogP contribution in [0.5, 0.6) is 0 Å². The zero-order valence-electron chi connectivity index (χ0n) is 12.8. The molecule has 2 aliphatic carbocycles. The number of nitrogens with zero attached hydrogens (tertiary/aromatic N) is 1. The number of rotatable bonds is 3. The highest BCUT2D eigenvalue weighted by Crippen LogP contribution is 2.49. The van der Waals surface area contributed by atoms with Gasteiger partial charge in [-0.1, -0.05) is 31.0 Å². The SMILES string of the molecule is O=C(NC1CCCC1)C1(C(=O)N2CCc3ccccc32)CC1. The van der Waals surface area contributed by atoms with Gasteiger partial charge in [-0.25, -0.2) is 0 Å². The Morgan fingerprint density at radius 3 is 2.59 bits per heavy atom. The summed E-state index contributed by atoms with van der Waals surface area (Å²) in [6.45, 7) is 0.705. The topological polar surface area (TPSA) is 49.4 Å². The molecule has 1 aromatic rings. The standard InChI is InChI=1S/C18H22N2O2/c21-16(19-14-6-2-3-7-14)18(10-11-18)17(22)20-12-9-13-5-1-4-8-15(13)20/h1,4-5,8,14H,2-3,6-7,9-12H2,(H,19,21). The van der Waals surface area contributed by atoms with E-state index in [9.17, 15) is 9.59 Å². The molecule has 0 radical (unpaired) electrons. The highest BCUT2D eigenvalue weighted by molar-refractivity contribution is 6.14. The molecule has 1 aliphatic heterocycles. The van der Waals surface area contributed by atoms with Gasteiger partial charge in [-0.2, -0.15) is 0 Å². The van der Waals surface area contributed by atoms with Gasteiger partial charge in [0.15, 0.2) is 0 Å². The highest BCUT2D eigenvalue weighted by atomic mass is 16.2. The number of nitrogens with one attached hydrogen (secondary N) is 1. The van der Waals surface area contributed by atoms with Crippen LogP contribution in [0.15, 0.2) is 24.3 Å². The Kier molecular flexibility index (Phi) is 3.21. The number of amides is 2. The molecule has 0 unspecified atom stereocenters. The minimum absolute atomic E-state index is 0.00736. The van der Waals surface area contributed by atoms with E-state index in [-0.39, 0.29) is 17.9 Å². The normalized spacial score (nSPS) is 22.5. The van der Waals surface area contributed by atoms with Crippen LogP contribution in [0.2, 0.25) is 0 Å². The molecule has 4 nitrogen and oxygen atoms in total. The Bertz CT molecular complexity index is 615. The van der Waals surface area contributed by atoms with E-state index < -0.39 is 5.41 Å². The molecule has 22 heavy (non-hydrogen) atoms. The van der Waals surface area contributed by atoms with Gasteiger partial charge < -0.3 is 10.2 Å². The summed E-state index contributed by atoms with van der Waals surface area (Å²) in [6, 6.07) is 8.31. The van der Waals surface area contributed by atoms with Crippen molar-refractivity contribution in [1.29, 1.82) is 0 Å². The lowest BCUT2D eigenvalue weighted by atomic mass is 10.0. The molecule has 0 aromatic heterocycles. The van der Waals surface area contributed by atoms with E-state index in [1.54, 1.807) is 0 Å². The van der Waals surface area contributed by atoms with E-state index in [0.717, 1.165) is 24.9 Å². The Labute approximate surface area is 130 Å². The second kappa shape index (κ2) is 5.11. The van der Waals surface area contributed by atoms with Crippen LogP contribution in [-0.4, -0.2) is 24.4 Å². The summed E-state index contributed by atoms with van der Waals surface area (Å²) in [6.07, 6.45) is 6.77. The lowest BCUT2D eigenvalue weighted by Gasteiger charge is -2.24. The second-order valence-electron chi connectivity index (χ2n) is 6.87. The summed E-state index contributed by atoms with van der Waals surface area (Å²) < 4.78 is 0. The summed E-state index contributed by atoms with van der Waals surface area (Å²) in [4.78, 5) is 27.4. The Morgan fingerprint density at radius 2 is 1.86 bits per heavy atom. The molecule has 1 N–H and O–H groups in total. The fourth-order valence-corrected chi connectivity index (χ4v) is 3.86. The molecule has 4 rings (SSSR count). The van der Waals surface area contributed by atoms with Crippen LogP contribution >= 0.6 is 0 Å². The van der Waals surface area contributed by atoms with Gasteiger partial charge >= 0.3 is 0 Å². The number of hydrogen-bond donors (Lipinski definition) is 1. The third-order valence-corrected chi connectivity index (χ3v) is 5.42. The minimum atomic E-state index is -0.778. The summed E-state index contributed by atoms with van der Waals surface area (Å²) in [5, 5.41) is 3.12. The molecule has 2 saturated carbocycles. The summed E-state index contributed by atoms with van der Waals surface area (Å²) >= 11 is 0. The number of carbonyl (C=O) groups excluding carboxylic acids is 2. The van der Waals surface area contributed by atoms with E-state index in [0.29, 0.717) is 19.4 Å². The molecular formula is C18H22N2O2. The maximum Gasteiger partial charge on any atom is 0.242 e. The Morgan fingerprint density at radius 1 is 1.14 bits per heavy atom. The average Bonchev–Trinajstić information content (AvgIpc) is 2.99. The van der Waals surface area contributed by atoms with Crippen molar-refractivity contribution in [2.24, 2.45) is 5.41 Å². The fraction of sp³-hybridized carbons (Fsp3) is 0.556. The lowest BCUT2D eigenvalue weighted by Crippen LogP contribution is -2.47. The van der Waals surface area contributed by atoms with Crippen LogP contribution in [0.25, 0.3) is 0 Å². The number of carbonyl (C=O) groups is 2. The quantitative estimate of drug-likeness (QED) is 0.871. The molecule has 116 valence electrons. The Hall–Kier alpha value is -1.84. The van der Waals surface area contributed by atoms with Crippen LogP contribution in [0.1, 0.15) is 44.1 Å². The first-order valence-electron chi connectivity index (χ1n) is 8.41. The van der Waals surface area contributed by atoms with E-state index in [4.69, 9.17) is 0 Å². The van der Waals surface area contributed by atoms with Crippen LogP contribution < -0.4 is 10.2 Å². The molecule has 0 saturated heterocycles. The minimum Gasteiger partial charge on any atom is -0.352 e. The number of hydrogen-bond acceptors (Lipinski definition) is 2. The third-order valence-electron chi connectivity index (χ3n) is 5.42. The summed E-state index contributed by atoms with van der Waals surface area (Å²) in [5.41, 5.74) is 1.43. The van der Waals surface area contributed by atoms with Crippen molar-refractivity contribution >= 4 is 17.5 Å². The molecule has 1 aromatic carbocycles. The first-order valence-corrected chi connectivity index (χ1v) is 8.41. The smallest absolute Gasteiger partial charge is 0.242 e. The van der Waals surface area contributed by atoms with Gasteiger partial charge in [0.05, 0.1) is 0 Å². The molecular weight excluding hydrogens is 276 g/mol. The van der Waals surface area contributed by atoms with Crippen LogP contribution in [0, 0.1) is 5.41 Å². The van der Waals surface area contributed by atoms with Crippen molar-refractivity contribution in [2.45, 2.75) is 51.0 Å². The van der Waals surface area contributed by atoms with Gasteiger partial charge in [0.25, 0.3) is 0 Å². The van der Waals surface area contributed by atoms with Crippen molar-refractivity contribution in [2.75, 3.05) is 11.4 Å². The average molecular weight is 298 g/mol. The maximum absolute atomic E-state index is 13.0. The summed E-state index contributed by atoms with van der Waals surface area (Å²) in [5.74, 6) is -0.0262. The van der Waals surface area contributed by atoms with E-state index in [1.165, 1.54) is 18.4 Å². The van der Waals surface area contributed by atoms with Crippen molar-refractivity contribution in [3.8, 4) is 0 Å². The van der Waals surface area contributed by atoms with Crippen molar-refractivity contribution in [3.05, 3.63) is 29.8 Å². The molecule has 3 aliphatic rings. The third kappa shape index (κ3) is 2.13. The maximum atomic E-state index is 13.0. The first kappa shape index (κ1) is 13.8. The molecule has 1 heterocycles. The van der Waals surface area contributed by atoms with Gasteiger partial charge in [0.2, 0.25) is 11.8 Å². The fourth-order valence-electron chi connectivity index (χ4n) is 3.86. The van der Waals surface area contributed by atoms with Gasteiger partial charge in [-0.3, -0.25) is 9.59 Å². The monoisotopic (exact) mass is 298 g/mol. The van der Waals surface area contributed by atoms with E-state index >= 15 is 0 Å². The van der Waals surface area contributed by atoms with Crippen LogP contribution in [0.4, 0.5) is 5.69 Å².